The summed E-state index contributed by atoms with van der Waals surface area (Å²) in [5, 5.41) is 17.5. The third kappa shape index (κ3) is 7.75. The van der Waals surface area contributed by atoms with Crippen LogP contribution in [-0.2, 0) is 4.74 Å². The zero-order chi connectivity index (χ0) is 22.0. The predicted octanol–water partition coefficient (Wildman–Crippen LogP) is 0.936. The standard InChI is InChI=1S/C22H39N5O3/c1-6-23-21(25-16-22(2,28)17-27-11-13-30-14-12-27)24-15-19(26(3)4)18-9-7-8-10-20(18)29-5/h7-10,19,28H,6,11-17H2,1-5H3,(H2,23,24,25). The molecule has 30 heavy (non-hydrogen) atoms. The van der Waals surface area contributed by atoms with Crippen molar-refractivity contribution in [3.05, 3.63) is 29.8 Å². The maximum Gasteiger partial charge on any atom is 0.191 e. The maximum absolute atomic E-state index is 10.8. The largest absolute Gasteiger partial charge is 0.496 e. The number of hydrogen-bond acceptors (Lipinski definition) is 6. The van der Waals surface area contributed by atoms with Crippen LogP contribution < -0.4 is 15.4 Å². The Morgan fingerprint density at radius 1 is 1.30 bits per heavy atom. The first-order chi connectivity index (χ1) is 14.4. The molecule has 8 heteroatoms. The first-order valence-electron chi connectivity index (χ1n) is 10.7. The summed E-state index contributed by atoms with van der Waals surface area (Å²) < 4.78 is 10.9. The van der Waals surface area contributed by atoms with Crippen LogP contribution in [0.15, 0.2) is 29.3 Å². The topological polar surface area (TPSA) is 81.6 Å². The van der Waals surface area contributed by atoms with Gasteiger partial charge in [0.15, 0.2) is 5.96 Å². The van der Waals surface area contributed by atoms with Crippen LogP contribution in [0, 0.1) is 0 Å². The van der Waals surface area contributed by atoms with Crippen molar-refractivity contribution in [3.8, 4) is 5.75 Å². The molecule has 1 saturated heterocycles. The first-order valence-corrected chi connectivity index (χ1v) is 10.7. The van der Waals surface area contributed by atoms with E-state index in [1.807, 2.05) is 32.0 Å². The summed E-state index contributed by atoms with van der Waals surface area (Å²) in [4.78, 5) is 9.04. The molecule has 0 spiro atoms. The lowest BCUT2D eigenvalue weighted by Gasteiger charge is -2.33. The van der Waals surface area contributed by atoms with Crippen LogP contribution >= 0.6 is 0 Å². The van der Waals surface area contributed by atoms with Gasteiger partial charge in [0.2, 0.25) is 0 Å². The van der Waals surface area contributed by atoms with Crippen LogP contribution in [0.2, 0.25) is 0 Å². The fraction of sp³-hybridized carbons (Fsp3) is 0.682. The van der Waals surface area contributed by atoms with Crippen LogP contribution in [0.1, 0.15) is 25.5 Å². The van der Waals surface area contributed by atoms with Crippen LogP contribution in [0.3, 0.4) is 0 Å². The summed E-state index contributed by atoms with van der Waals surface area (Å²) in [6.45, 7) is 9.32. The van der Waals surface area contributed by atoms with Gasteiger partial charge < -0.3 is 30.1 Å². The number of nitrogens with zero attached hydrogens (tertiary/aromatic N) is 3. The van der Waals surface area contributed by atoms with Gasteiger partial charge in [0.1, 0.15) is 5.75 Å². The Balaban J connectivity index is 2.01. The van der Waals surface area contributed by atoms with Crippen molar-refractivity contribution in [2.24, 2.45) is 4.99 Å². The minimum atomic E-state index is -0.900. The number of benzene rings is 1. The van der Waals surface area contributed by atoms with Crippen LogP contribution in [0.4, 0.5) is 0 Å². The van der Waals surface area contributed by atoms with E-state index in [4.69, 9.17) is 9.47 Å². The van der Waals surface area contributed by atoms with Crippen molar-refractivity contribution in [2.75, 3.05) is 73.7 Å². The SMILES string of the molecule is CCNC(=NCC(C)(O)CN1CCOCC1)NCC(c1ccccc1OC)N(C)C. The molecular weight excluding hydrogens is 382 g/mol. The van der Waals surface area contributed by atoms with E-state index in [0.29, 0.717) is 25.6 Å². The number of para-hydroxylation sites is 1. The molecule has 1 aromatic carbocycles. The van der Waals surface area contributed by atoms with E-state index >= 15 is 0 Å². The normalized spacial score (nSPS) is 18.7. The molecule has 1 aromatic rings. The third-order valence-corrected chi connectivity index (χ3v) is 5.17. The number of methoxy groups -OCH3 is 1. The fourth-order valence-corrected chi connectivity index (χ4v) is 3.59. The molecule has 3 N–H and O–H groups in total. The molecule has 0 radical (unpaired) electrons. The second kappa shape index (κ2) is 12.1. The molecule has 0 aliphatic carbocycles. The summed E-state index contributed by atoms with van der Waals surface area (Å²) in [6, 6.07) is 8.18. The number of rotatable bonds is 10. The van der Waals surface area contributed by atoms with E-state index < -0.39 is 5.60 Å². The van der Waals surface area contributed by atoms with Gasteiger partial charge in [0.25, 0.3) is 0 Å². The zero-order valence-corrected chi connectivity index (χ0v) is 19.1. The highest BCUT2D eigenvalue weighted by molar-refractivity contribution is 5.79. The van der Waals surface area contributed by atoms with Gasteiger partial charge in [-0.25, -0.2) is 0 Å². The second-order valence-electron chi connectivity index (χ2n) is 8.18. The van der Waals surface area contributed by atoms with E-state index in [0.717, 1.165) is 44.2 Å². The Kier molecular flexibility index (Phi) is 9.84. The summed E-state index contributed by atoms with van der Waals surface area (Å²) in [6.07, 6.45) is 0. The molecule has 0 aromatic heterocycles. The lowest BCUT2D eigenvalue weighted by Crippen LogP contribution is -2.48. The van der Waals surface area contributed by atoms with Gasteiger partial charge in [-0.3, -0.25) is 9.89 Å². The Labute approximate surface area is 181 Å². The van der Waals surface area contributed by atoms with Crippen LogP contribution in [0.5, 0.6) is 5.75 Å². The lowest BCUT2D eigenvalue weighted by atomic mass is 10.0. The van der Waals surface area contributed by atoms with E-state index in [1.54, 1.807) is 7.11 Å². The number of hydrogen-bond donors (Lipinski definition) is 3. The molecular formula is C22H39N5O3. The first kappa shape index (κ1) is 24.4. The number of likely N-dealkylation sites (N-methyl/N-ethyl adjacent to an activating group) is 1. The average molecular weight is 422 g/mol. The molecule has 0 saturated carbocycles. The quantitative estimate of drug-likeness (QED) is 0.383. The number of aliphatic imine (C=N–C) groups is 1. The van der Waals surface area contributed by atoms with Crippen molar-refractivity contribution in [2.45, 2.75) is 25.5 Å². The van der Waals surface area contributed by atoms with Gasteiger partial charge in [0.05, 0.1) is 38.5 Å². The van der Waals surface area contributed by atoms with Crippen LogP contribution in [-0.4, -0.2) is 100 Å². The zero-order valence-electron chi connectivity index (χ0n) is 19.1. The van der Waals surface area contributed by atoms with Gasteiger partial charge in [0, 0.05) is 38.3 Å². The lowest BCUT2D eigenvalue weighted by molar-refractivity contribution is -0.0180. The fourth-order valence-electron chi connectivity index (χ4n) is 3.59. The van der Waals surface area contributed by atoms with Crippen LogP contribution in [0.25, 0.3) is 0 Å². The Hall–Kier alpha value is -1.87. The third-order valence-electron chi connectivity index (χ3n) is 5.17. The molecule has 1 fully saturated rings. The summed E-state index contributed by atoms with van der Waals surface area (Å²) >= 11 is 0. The van der Waals surface area contributed by atoms with Crippen molar-refractivity contribution in [1.29, 1.82) is 0 Å². The van der Waals surface area contributed by atoms with Gasteiger partial charge in [-0.15, -0.1) is 0 Å². The molecule has 2 rings (SSSR count). The number of aliphatic hydroxyl groups is 1. The summed E-state index contributed by atoms with van der Waals surface area (Å²) in [7, 11) is 5.80. The number of morpholine rings is 1. The van der Waals surface area contributed by atoms with Crippen molar-refractivity contribution in [3.63, 3.8) is 0 Å². The van der Waals surface area contributed by atoms with Crippen molar-refractivity contribution >= 4 is 5.96 Å². The maximum atomic E-state index is 10.8. The molecule has 170 valence electrons. The van der Waals surface area contributed by atoms with Gasteiger partial charge in [-0.05, 0) is 34.0 Å². The molecule has 0 bridgehead atoms. The second-order valence-corrected chi connectivity index (χ2v) is 8.18. The molecule has 1 aliphatic heterocycles. The van der Waals surface area contributed by atoms with Crippen molar-refractivity contribution in [1.82, 2.24) is 20.4 Å². The predicted molar refractivity (Wildman–Crippen MR) is 121 cm³/mol. The number of ether oxygens (including phenoxy) is 2. The molecule has 0 amide bonds. The van der Waals surface area contributed by atoms with E-state index in [-0.39, 0.29) is 6.04 Å². The van der Waals surface area contributed by atoms with Crippen molar-refractivity contribution < 1.29 is 14.6 Å². The van der Waals surface area contributed by atoms with Gasteiger partial charge >= 0.3 is 0 Å². The van der Waals surface area contributed by atoms with Gasteiger partial charge in [-0.1, -0.05) is 18.2 Å². The number of nitrogens with one attached hydrogen (secondary N) is 2. The Morgan fingerprint density at radius 3 is 2.63 bits per heavy atom. The monoisotopic (exact) mass is 421 g/mol. The van der Waals surface area contributed by atoms with Gasteiger partial charge in [-0.2, -0.15) is 0 Å². The molecule has 2 atom stereocenters. The highest BCUT2D eigenvalue weighted by Gasteiger charge is 2.25. The number of β-amino-alcohol motifs (C(OH)–C–C–N with tert-alkyl or cyclic N) is 1. The Morgan fingerprint density at radius 2 is 2.00 bits per heavy atom. The average Bonchev–Trinajstić information content (AvgIpc) is 2.72. The van der Waals surface area contributed by atoms with E-state index in [2.05, 4.69) is 45.6 Å². The minimum absolute atomic E-state index is 0.110. The summed E-state index contributed by atoms with van der Waals surface area (Å²) in [5.41, 5.74) is 0.219. The highest BCUT2D eigenvalue weighted by Crippen LogP contribution is 2.27. The van der Waals surface area contributed by atoms with E-state index in [9.17, 15) is 5.11 Å². The highest BCUT2D eigenvalue weighted by atomic mass is 16.5. The molecule has 1 aliphatic rings. The summed E-state index contributed by atoms with van der Waals surface area (Å²) in [5.74, 6) is 1.56. The number of guanidine groups is 1. The Bertz CT molecular complexity index is 660. The smallest absolute Gasteiger partial charge is 0.191 e. The van der Waals surface area contributed by atoms with E-state index in [1.165, 1.54) is 0 Å². The molecule has 1 heterocycles. The minimum Gasteiger partial charge on any atom is -0.496 e. The molecule has 8 nitrogen and oxygen atoms in total. The molecule has 2 unspecified atom stereocenters.